The molecule has 0 aliphatic carbocycles. The lowest BCUT2D eigenvalue weighted by Gasteiger charge is -2.27. The molecule has 21 heavy (non-hydrogen) atoms. The molecule has 112 valence electrons. The molecule has 0 spiro atoms. The second-order valence-corrected chi connectivity index (χ2v) is 6.86. The van der Waals surface area contributed by atoms with Gasteiger partial charge < -0.3 is 10.2 Å². The molecule has 0 unspecified atom stereocenters. The van der Waals surface area contributed by atoms with Crippen molar-refractivity contribution in [3.8, 4) is 0 Å². The molecule has 0 fully saturated rings. The second-order valence-electron chi connectivity index (χ2n) is 5.86. The Kier molecular flexibility index (Phi) is 4.22. The van der Waals surface area contributed by atoms with Crippen LogP contribution < -0.4 is 10.2 Å². The van der Waals surface area contributed by atoms with E-state index in [9.17, 15) is 0 Å². The van der Waals surface area contributed by atoms with Crippen LogP contribution in [-0.4, -0.2) is 22.6 Å². The van der Waals surface area contributed by atoms with Gasteiger partial charge in [0.1, 0.15) is 0 Å². The van der Waals surface area contributed by atoms with Crippen molar-refractivity contribution >= 4 is 17.3 Å². The van der Waals surface area contributed by atoms with E-state index in [4.69, 9.17) is 4.98 Å². The SMILES string of the molecule is Cc1nc(N2CCc3sccc3C2)ncc1CNC(C)C. The summed E-state index contributed by atoms with van der Waals surface area (Å²) >= 11 is 1.86. The minimum absolute atomic E-state index is 0.475. The third-order valence-electron chi connectivity index (χ3n) is 3.86. The van der Waals surface area contributed by atoms with E-state index >= 15 is 0 Å². The largest absolute Gasteiger partial charge is 0.336 e. The van der Waals surface area contributed by atoms with E-state index in [0.717, 1.165) is 37.7 Å². The number of anilines is 1. The van der Waals surface area contributed by atoms with Crippen molar-refractivity contribution in [2.24, 2.45) is 0 Å². The molecule has 0 amide bonds. The van der Waals surface area contributed by atoms with Crippen molar-refractivity contribution in [3.05, 3.63) is 39.3 Å². The lowest BCUT2D eigenvalue weighted by Crippen LogP contribution is -2.31. The first-order valence-corrected chi connectivity index (χ1v) is 8.37. The average molecular weight is 302 g/mol. The van der Waals surface area contributed by atoms with E-state index in [2.05, 4.69) is 47.4 Å². The number of aryl methyl sites for hydroxylation is 1. The fourth-order valence-corrected chi connectivity index (χ4v) is 3.43. The van der Waals surface area contributed by atoms with Crippen LogP contribution in [0.3, 0.4) is 0 Å². The Hall–Kier alpha value is -1.46. The highest BCUT2D eigenvalue weighted by molar-refractivity contribution is 7.10. The quantitative estimate of drug-likeness (QED) is 0.943. The summed E-state index contributed by atoms with van der Waals surface area (Å²) in [6.07, 6.45) is 3.07. The normalized spacial score (nSPS) is 14.6. The maximum absolute atomic E-state index is 4.71. The van der Waals surface area contributed by atoms with Crippen molar-refractivity contribution in [2.45, 2.75) is 46.3 Å². The van der Waals surface area contributed by atoms with E-state index in [1.165, 1.54) is 16.0 Å². The molecular formula is C16H22N4S. The Bertz CT molecular complexity index is 620. The van der Waals surface area contributed by atoms with Gasteiger partial charge in [0.2, 0.25) is 5.95 Å². The molecular weight excluding hydrogens is 280 g/mol. The van der Waals surface area contributed by atoms with E-state index in [-0.39, 0.29) is 0 Å². The Morgan fingerprint density at radius 3 is 3.05 bits per heavy atom. The molecule has 1 N–H and O–H groups in total. The van der Waals surface area contributed by atoms with Crippen LogP contribution in [-0.2, 0) is 19.5 Å². The smallest absolute Gasteiger partial charge is 0.225 e. The summed E-state index contributed by atoms with van der Waals surface area (Å²) in [4.78, 5) is 13.1. The summed E-state index contributed by atoms with van der Waals surface area (Å²) in [5.74, 6) is 0.859. The number of aromatic nitrogens is 2. The zero-order valence-electron chi connectivity index (χ0n) is 12.9. The molecule has 5 heteroatoms. The molecule has 0 saturated heterocycles. The number of hydrogen-bond acceptors (Lipinski definition) is 5. The highest BCUT2D eigenvalue weighted by Gasteiger charge is 2.19. The fraction of sp³-hybridized carbons (Fsp3) is 0.500. The summed E-state index contributed by atoms with van der Waals surface area (Å²) in [6, 6.07) is 2.70. The average Bonchev–Trinajstić information content (AvgIpc) is 2.93. The second kappa shape index (κ2) is 6.12. The first-order chi connectivity index (χ1) is 10.1. The highest BCUT2D eigenvalue weighted by atomic mass is 32.1. The number of fused-ring (bicyclic) bond motifs is 1. The molecule has 2 aromatic heterocycles. The molecule has 0 bridgehead atoms. The van der Waals surface area contributed by atoms with Crippen LogP contribution in [0, 0.1) is 6.92 Å². The van der Waals surface area contributed by atoms with Crippen LogP contribution in [0.2, 0.25) is 0 Å². The van der Waals surface area contributed by atoms with Gasteiger partial charge in [0.15, 0.2) is 0 Å². The van der Waals surface area contributed by atoms with E-state index < -0.39 is 0 Å². The van der Waals surface area contributed by atoms with Gasteiger partial charge in [-0.05, 0) is 30.4 Å². The van der Waals surface area contributed by atoms with E-state index in [0.29, 0.717) is 6.04 Å². The third-order valence-corrected chi connectivity index (χ3v) is 4.88. The highest BCUT2D eigenvalue weighted by Crippen LogP contribution is 2.26. The van der Waals surface area contributed by atoms with Crippen molar-refractivity contribution in [3.63, 3.8) is 0 Å². The molecule has 1 aliphatic heterocycles. The van der Waals surface area contributed by atoms with E-state index in [1.54, 1.807) is 0 Å². The predicted molar refractivity (Wildman–Crippen MR) is 87.8 cm³/mol. The zero-order chi connectivity index (χ0) is 14.8. The maximum atomic E-state index is 4.71. The van der Waals surface area contributed by atoms with Crippen LogP contribution in [0.4, 0.5) is 5.95 Å². The predicted octanol–water partition coefficient (Wildman–Crippen LogP) is 2.91. The minimum Gasteiger partial charge on any atom is -0.336 e. The van der Waals surface area contributed by atoms with Gasteiger partial charge in [0.25, 0.3) is 0 Å². The van der Waals surface area contributed by atoms with Crippen molar-refractivity contribution in [1.82, 2.24) is 15.3 Å². The first-order valence-electron chi connectivity index (χ1n) is 7.49. The summed E-state index contributed by atoms with van der Waals surface area (Å²) in [6.45, 7) is 9.15. The molecule has 4 nitrogen and oxygen atoms in total. The van der Waals surface area contributed by atoms with Crippen LogP contribution in [0.1, 0.15) is 35.5 Å². The van der Waals surface area contributed by atoms with Crippen LogP contribution in [0.25, 0.3) is 0 Å². The maximum Gasteiger partial charge on any atom is 0.225 e. The van der Waals surface area contributed by atoms with Gasteiger partial charge in [-0.15, -0.1) is 11.3 Å². The first kappa shape index (κ1) is 14.5. The molecule has 1 aliphatic rings. The monoisotopic (exact) mass is 302 g/mol. The standard InChI is InChI=1S/C16H22N4S/c1-11(2)17-8-14-9-18-16(19-12(14)3)20-6-4-15-13(10-20)5-7-21-15/h5,7,9,11,17H,4,6,8,10H2,1-3H3. The fourth-order valence-electron chi connectivity index (χ4n) is 2.54. The number of nitrogens with zero attached hydrogens (tertiary/aromatic N) is 3. The molecule has 0 radical (unpaired) electrons. The van der Waals surface area contributed by atoms with Crippen molar-refractivity contribution in [2.75, 3.05) is 11.4 Å². The number of nitrogens with one attached hydrogen (secondary N) is 1. The summed E-state index contributed by atoms with van der Waals surface area (Å²) in [5, 5.41) is 5.60. The Labute approximate surface area is 130 Å². The van der Waals surface area contributed by atoms with E-state index in [1.807, 2.05) is 17.5 Å². The molecule has 0 saturated carbocycles. The molecule has 3 heterocycles. The molecule has 3 rings (SSSR count). The topological polar surface area (TPSA) is 41.1 Å². The van der Waals surface area contributed by atoms with Gasteiger partial charge in [-0.1, -0.05) is 13.8 Å². The minimum atomic E-state index is 0.475. The van der Waals surface area contributed by atoms with Gasteiger partial charge in [0, 0.05) is 48.0 Å². The lowest BCUT2D eigenvalue weighted by atomic mass is 10.1. The number of rotatable bonds is 4. The third kappa shape index (κ3) is 3.24. The van der Waals surface area contributed by atoms with Crippen LogP contribution >= 0.6 is 11.3 Å². The number of hydrogen-bond donors (Lipinski definition) is 1. The summed E-state index contributed by atoms with van der Waals surface area (Å²) in [5.41, 5.74) is 3.68. The van der Waals surface area contributed by atoms with Gasteiger partial charge >= 0.3 is 0 Å². The van der Waals surface area contributed by atoms with Crippen LogP contribution in [0.5, 0.6) is 0 Å². The van der Waals surface area contributed by atoms with Crippen molar-refractivity contribution < 1.29 is 0 Å². The van der Waals surface area contributed by atoms with Crippen LogP contribution in [0.15, 0.2) is 17.6 Å². The Morgan fingerprint density at radius 2 is 2.29 bits per heavy atom. The van der Waals surface area contributed by atoms with Crippen molar-refractivity contribution in [1.29, 1.82) is 0 Å². The summed E-state index contributed by atoms with van der Waals surface area (Å²) < 4.78 is 0. The molecule has 2 aromatic rings. The molecule has 0 aromatic carbocycles. The van der Waals surface area contributed by atoms with Gasteiger partial charge in [0.05, 0.1) is 0 Å². The zero-order valence-corrected chi connectivity index (χ0v) is 13.7. The Morgan fingerprint density at radius 1 is 1.43 bits per heavy atom. The lowest BCUT2D eigenvalue weighted by molar-refractivity contribution is 0.584. The summed E-state index contributed by atoms with van der Waals surface area (Å²) in [7, 11) is 0. The van der Waals surface area contributed by atoms with Gasteiger partial charge in [-0.3, -0.25) is 0 Å². The molecule has 0 atom stereocenters. The number of thiophene rings is 1. The van der Waals surface area contributed by atoms with Gasteiger partial charge in [-0.2, -0.15) is 0 Å². The van der Waals surface area contributed by atoms with Gasteiger partial charge in [-0.25, -0.2) is 9.97 Å². The Balaban J connectivity index is 1.73.